The average molecular weight is 291 g/mol. The molecule has 1 heterocycles. The van der Waals surface area contributed by atoms with Crippen molar-refractivity contribution in [2.24, 2.45) is 28.1 Å². The van der Waals surface area contributed by atoms with Crippen LogP contribution in [0.4, 0.5) is 0 Å². The predicted octanol–water partition coefficient (Wildman–Crippen LogP) is 4.00. The molecule has 5 aliphatic rings. The van der Waals surface area contributed by atoms with Crippen molar-refractivity contribution < 1.29 is 4.74 Å². The van der Waals surface area contributed by atoms with Crippen molar-refractivity contribution in [3.05, 3.63) is 0 Å². The van der Waals surface area contributed by atoms with Crippen molar-refractivity contribution >= 4 is 0 Å². The molecular formula is C19H33NO. The Kier molecular flexibility index (Phi) is 3.25. The minimum absolute atomic E-state index is 0.567. The Balaban J connectivity index is 1.67. The van der Waals surface area contributed by atoms with Gasteiger partial charge in [0.15, 0.2) is 0 Å². The highest BCUT2D eigenvalue weighted by molar-refractivity contribution is 5.14. The molecule has 4 saturated carbocycles. The van der Waals surface area contributed by atoms with Crippen molar-refractivity contribution in [3.63, 3.8) is 0 Å². The maximum absolute atomic E-state index is 5.76. The summed E-state index contributed by atoms with van der Waals surface area (Å²) in [6.07, 6.45) is 10.2. The summed E-state index contributed by atoms with van der Waals surface area (Å²) in [5, 5.41) is 3.94. The van der Waals surface area contributed by atoms with E-state index in [4.69, 9.17) is 4.74 Å². The molecule has 0 amide bonds. The third kappa shape index (κ3) is 2.28. The molecule has 0 aromatic rings. The van der Waals surface area contributed by atoms with E-state index < -0.39 is 0 Å². The van der Waals surface area contributed by atoms with Crippen LogP contribution in [-0.2, 0) is 4.74 Å². The van der Waals surface area contributed by atoms with Gasteiger partial charge in [0, 0.05) is 18.6 Å². The molecule has 1 aliphatic heterocycles. The van der Waals surface area contributed by atoms with Crippen LogP contribution in [0.3, 0.4) is 0 Å². The number of rotatable bonds is 4. The smallest absolute Gasteiger partial charge is 0.0510 e. The standard InChI is InChI=1S/C19H33NO/c1-4-20-16(15-5-6-21-10-15)19-9-14-7-17(2,12-19)11-18(3,8-14)13-19/h14-16,20H,4-13H2,1-3H3. The normalized spacial score (nSPS) is 53.3. The molecule has 5 fully saturated rings. The highest BCUT2D eigenvalue weighted by atomic mass is 16.5. The van der Waals surface area contributed by atoms with Crippen LogP contribution >= 0.6 is 0 Å². The first-order chi connectivity index (χ1) is 9.96. The molecule has 5 rings (SSSR count). The maximum atomic E-state index is 5.76. The van der Waals surface area contributed by atoms with Crippen LogP contribution in [0.2, 0.25) is 0 Å². The van der Waals surface area contributed by atoms with Crippen LogP contribution in [0, 0.1) is 28.1 Å². The molecular weight excluding hydrogens is 258 g/mol. The van der Waals surface area contributed by atoms with Crippen LogP contribution in [-0.4, -0.2) is 25.8 Å². The fourth-order valence-electron chi connectivity index (χ4n) is 7.80. The third-order valence-electron chi connectivity index (χ3n) is 7.19. The van der Waals surface area contributed by atoms with Gasteiger partial charge in [0.2, 0.25) is 0 Å². The lowest BCUT2D eigenvalue weighted by Gasteiger charge is -2.68. The molecule has 2 heteroatoms. The van der Waals surface area contributed by atoms with E-state index in [1.807, 2.05) is 0 Å². The quantitative estimate of drug-likeness (QED) is 0.845. The molecule has 1 N–H and O–H groups in total. The predicted molar refractivity (Wildman–Crippen MR) is 86.2 cm³/mol. The lowest BCUT2D eigenvalue weighted by Crippen LogP contribution is -2.63. The van der Waals surface area contributed by atoms with Crippen molar-refractivity contribution in [2.45, 2.75) is 71.8 Å². The Morgan fingerprint density at radius 3 is 2.33 bits per heavy atom. The van der Waals surface area contributed by atoms with Crippen molar-refractivity contribution in [3.8, 4) is 0 Å². The van der Waals surface area contributed by atoms with Gasteiger partial charge in [0.25, 0.3) is 0 Å². The molecule has 4 unspecified atom stereocenters. The fourth-order valence-corrected chi connectivity index (χ4v) is 7.80. The van der Waals surface area contributed by atoms with Gasteiger partial charge < -0.3 is 10.1 Å². The third-order valence-corrected chi connectivity index (χ3v) is 7.19. The molecule has 120 valence electrons. The lowest BCUT2D eigenvalue weighted by molar-refractivity contribution is -0.164. The van der Waals surface area contributed by atoms with E-state index in [1.54, 1.807) is 0 Å². The van der Waals surface area contributed by atoms with Crippen molar-refractivity contribution in [1.29, 1.82) is 0 Å². The van der Waals surface area contributed by atoms with E-state index >= 15 is 0 Å². The number of nitrogens with one attached hydrogen (secondary N) is 1. The molecule has 0 aromatic heterocycles. The first-order valence-corrected chi connectivity index (χ1v) is 9.27. The van der Waals surface area contributed by atoms with Gasteiger partial charge in [-0.25, -0.2) is 0 Å². The van der Waals surface area contributed by atoms with E-state index in [-0.39, 0.29) is 0 Å². The number of hydrogen-bond donors (Lipinski definition) is 1. The second-order valence-electron chi connectivity index (χ2n) is 9.65. The summed E-state index contributed by atoms with van der Waals surface area (Å²) in [6, 6.07) is 0.701. The van der Waals surface area contributed by atoms with Crippen LogP contribution in [0.25, 0.3) is 0 Å². The summed E-state index contributed by atoms with van der Waals surface area (Å²) in [4.78, 5) is 0. The zero-order valence-electron chi connectivity index (χ0n) is 14.2. The lowest BCUT2D eigenvalue weighted by atomic mass is 9.38. The molecule has 4 atom stereocenters. The average Bonchev–Trinajstić information content (AvgIpc) is 2.84. The molecule has 0 radical (unpaired) electrons. The highest BCUT2D eigenvalue weighted by Gasteiger charge is 2.62. The molecule has 21 heavy (non-hydrogen) atoms. The monoisotopic (exact) mass is 291 g/mol. The van der Waals surface area contributed by atoms with E-state index in [1.165, 1.54) is 44.9 Å². The largest absolute Gasteiger partial charge is 0.381 e. The Morgan fingerprint density at radius 2 is 1.81 bits per heavy atom. The van der Waals surface area contributed by atoms with Gasteiger partial charge in [0.1, 0.15) is 0 Å². The van der Waals surface area contributed by atoms with Gasteiger partial charge in [-0.1, -0.05) is 20.8 Å². The van der Waals surface area contributed by atoms with E-state index in [2.05, 4.69) is 26.1 Å². The molecule has 4 aliphatic carbocycles. The topological polar surface area (TPSA) is 21.3 Å². The molecule has 4 bridgehead atoms. The SMILES string of the molecule is CCNC(C1CCOC1)C12CC3CC(C)(CC(C)(C3)C1)C2. The van der Waals surface area contributed by atoms with Gasteiger partial charge >= 0.3 is 0 Å². The number of ether oxygens (including phenoxy) is 1. The van der Waals surface area contributed by atoms with Gasteiger partial charge in [-0.15, -0.1) is 0 Å². The Labute approximate surface area is 130 Å². The zero-order valence-corrected chi connectivity index (χ0v) is 14.2. The summed E-state index contributed by atoms with van der Waals surface area (Å²) in [6.45, 7) is 10.6. The van der Waals surface area contributed by atoms with E-state index in [9.17, 15) is 0 Å². The molecule has 2 nitrogen and oxygen atoms in total. The van der Waals surface area contributed by atoms with Gasteiger partial charge in [-0.2, -0.15) is 0 Å². The minimum atomic E-state index is 0.567. The van der Waals surface area contributed by atoms with E-state index in [0.29, 0.717) is 22.3 Å². The van der Waals surface area contributed by atoms with Crippen LogP contribution < -0.4 is 5.32 Å². The molecule has 1 saturated heterocycles. The Bertz CT molecular complexity index is 396. The Morgan fingerprint density at radius 1 is 1.10 bits per heavy atom. The van der Waals surface area contributed by atoms with Crippen molar-refractivity contribution in [2.75, 3.05) is 19.8 Å². The Hall–Kier alpha value is -0.0800. The zero-order chi connectivity index (χ0) is 14.7. The first-order valence-electron chi connectivity index (χ1n) is 9.27. The summed E-state index contributed by atoms with van der Waals surface area (Å²) >= 11 is 0. The minimum Gasteiger partial charge on any atom is -0.381 e. The van der Waals surface area contributed by atoms with Crippen molar-refractivity contribution in [1.82, 2.24) is 5.32 Å². The second kappa shape index (κ2) is 4.71. The van der Waals surface area contributed by atoms with Gasteiger partial charge in [0.05, 0.1) is 6.61 Å². The van der Waals surface area contributed by atoms with Crippen LogP contribution in [0.5, 0.6) is 0 Å². The van der Waals surface area contributed by atoms with E-state index in [0.717, 1.165) is 31.6 Å². The summed E-state index contributed by atoms with van der Waals surface area (Å²) in [5.41, 5.74) is 1.82. The molecule has 0 aromatic carbocycles. The summed E-state index contributed by atoms with van der Waals surface area (Å²) < 4.78 is 5.76. The van der Waals surface area contributed by atoms with Crippen LogP contribution in [0.15, 0.2) is 0 Å². The van der Waals surface area contributed by atoms with Gasteiger partial charge in [-0.3, -0.25) is 0 Å². The van der Waals surface area contributed by atoms with Gasteiger partial charge in [-0.05, 0) is 73.7 Å². The highest BCUT2D eigenvalue weighted by Crippen LogP contribution is 2.71. The fraction of sp³-hybridized carbons (Fsp3) is 1.00. The summed E-state index contributed by atoms with van der Waals surface area (Å²) in [5.74, 6) is 1.76. The van der Waals surface area contributed by atoms with Crippen LogP contribution in [0.1, 0.15) is 65.7 Å². The first kappa shape index (κ1) is 14.5. The molecule has 0 spiro atoms. The number of hydrogen-bond acceptors (Lipinski definition) is 2. The summed E-state index contributed by atoms with van der Waals surface area (Å²) in [7, 11) is 0. The second-order valence-corrected chi connectivity index (χ2v) is 9.65. The maximum Gasteiger partial charge on any atom is 0.0510 e.